The fraction of sp³-hybridized carbons (Fsp3) is 0.571. The van der Waals surface area contributed by atoms with Crippen molar-refractivity contribution in [1.29, 1.82) is 0 Å². The first-order valence-electron chi connectivity index (χ1n) is 6.40. The fourth-order valence-electron chi connectivity index (χ4n) is 3.34. The van der Waals surface area contributed by atoms with Crippen molar-refractivity contribution < 1.29 is 13.5 Å². The minimum absolute atomic E-state index is 0.210. The van der Waals surface area contributed by atoms with Crippen LogP contribution in [0.2, 0.25) is 0 Å². The van der Waals surface area contributed by atoms with Crippen molar-refractivity contribution in [3.63, 3.8) is 0 Å². The Bertz CT molecular complexity index is 451. The molecule has 2 aliphatic heterocycles. The summed E-state index contributed by atoms with van der Waals surface area (Å²) in [5.74, 6) is 0.0360. The zero-order valence-electron chi connectivity index (χ0n) is 10.4. The van der Waals surface area contributed by atoms with Crippen LogP contribution in [-0.4, -0.2) is 19.2 Å². The lowest BCUT2D eigenvalue weighted by Crippen LogP contribution is -2.44. The molecule has 2 nitrogen and oxygen atoms in total. The van der Waals surface area contributed by atoms with Crippen LogP contribution in [0.3, 0.4) is 0 Å². The summed E-state index contributed by atoms with van der Waals surface area (Å²) < 4.78 is 33.7. The van der Waals surface area contributed by atoms with Crippen molar-refractivity contribution in [2.75, 3.05) is 7.11 Å². The molecule has 0 aliphatic carbocycles. The number of benzene rings is 1. The fourth-order valence-corrected chi connectivity index (χ4v) is 3.34. The largest absolute Gasteiger partial charge is 0.496 e. The second kappa shape index (κ2) is 4.19. The van der Waals surface area contributed by atoms with Crippen LogP contribution < -0.4 is 10.1 Å². The Balaban J connectivity index is 2.00. The van der Waals surface area contributed by atoms with Crippen LogP contribution in [0.1, 0.15) is 31.2 Å². The third kappa shape index (κ3) is 1.88. The highest BCUT2D eigenvalue weighted by Crippen LogP contribution is 2.46. The maximum atomic E-state index is 15.2. The minimum atomic E-state index is -1.47. The van der Waals surface area contributed by atoms with E-state index < -0.39 is 11.5 Å². The summed E-state index contributed by atoms with van der Waals surface area (Å²) in [6.07, 6.45) is 2.83. The SMILES string of the molecule is COc1ccc(F)cc1C1(F)CC2CCC(C1)N2. The topological polar surface area (TPSA) is 21.3 Å². The summed E-state index contributed by atoms with van der Waals surface area (Å²) in [7, 11) is 1.50. The molecule has 3 rings (SSSR count). The molecule has 0 aromatic heterocycles. The molecule has 2 atom stereocenters. The van der Waals surface area contributed by atoms with Gasteiger partial charge < -0.3 is 10.1 Å². The lowest BCUT2D eigenvalue weighted by Gasteiger charge is -2.36. The number of methoxy groups -OCH3 is 1. The summed E-state index contributed by atoms with van der Waals surface area (Å²) in [5, 5.41) is 3.39. The number of halogens is 2. The second-order valence-electron chi connectivity index (χ2n) is 5.36. The Kier molecular flexibility index (Phi) is 2.77. The number of hydrogen-bond donors (Lipinski definition) is 1. The van der Waals surface area contributed by atoms with E-state index in [2.05, 4.69) is 5.32 Å². The van der Waals surface area contributed by atoms with E-state index in [4.69, 9.17) is 4.74 Å². The van der Waals surface area contributed by atoms with Gasteiger partial charge in [-0.25, -0.2) is 8.78 Å². The molecule has 0 spiro atoms. The van der Waals surface area contributed by atoms with Crippen molar-refractivity contribution >= 4 is 0 Å². The highest BCUT2D eigenvalue weighted by Gasteiger charge is 2.46. The molecule has 2 heterocycles. The van der Waals surface area contributed by atoms with Crippen LogP contribution in [0, 0.1) is 5.82 Å². The number of rotatable bonds is 2. The van der Waals surface area contributed by atoms with E-state index in [0.29, 0.717) is 24.2 Å². The molecule has 0 amide bonds. The predicted octanol–water partition coefficient (Wildman–Crippen LogP) is 2.91. The van der Waals surface area contributed by atoms with Gasteiger partial charge >= 0.3 is 0 Å². The number of alkyl halides is 1. The van der Waals surface area contributed by atoms with Gasteiger partial charge in [0.05, 0.1) is 7.11 Å². The predicted molar refractivity (Wildman–Crippen MR) is 64.9 cm³/mol. The van der Waals surface area contributed by atoms with E-state index >= 15 is 4.39 Å². The average molecular weight is 253 g/mol. The van der Waals surface area contributed by atoms with Gasteiger partial charge in [-0.3, -0.25) is 0 Å². The van der Waals surface area contributed by atoms with Crippen LogP contribution in [0.5, 0.6) is 5.75 Å². The third-order valence-electron chi connectivity index (χ3n) is 4.12. The van der Waals surface area contributed by atoms with Gasteiger partial charge in [-0.2, -0.15) is 0 Å². The van der Waals surface area contributed by atoms with E-state index in [1.54, 1.807) is 0 Å². The Morgan fingerprint density at radius 2 is 1.94 bits per heavy atom. The summed E-state index contributed by atoms with van der Waals surface area (Å²) in [6, 6.07) is 4.52. The normalized spacial score (nSPS) is 34.6. The summed E-state index contributed by atoms with van der Waals surface area (Å²) in [6.45, 7) is 0. The van der Waals surface area contributed by atoms with E-state index in [9.17, 15) is 4.39 Å². The minimum Gasteiger partial charge on any atom is -0.496 e. The van der Waals surface area contributed by atoms with E-state index in [1.165, 1.54) is 25.3 Å². The van der Waals surface area contributed by atoms with Crippen molar-refractivity contribution in [1.82, 2.24) is 5.32 Å². The molecule has 1 aromatic carbocycles. The number of ether oxygens (including phenoxy) is 1. The van der Waals surface area contributed by atoms with Crippen LogP contribution in [0.4, 0.5) is 8.78 Å². The van der Waals surface area contributed by atoms with Crippen LogP contribution in [-0.2, 0) is 5.67 Å². The Morgan fingerprint density at radius 1 is 1.28 bits per heavy atom. The monoisotopic (exact) mass is 253 g/mol. The highest BCUT2D eigenvalue weighted by molar-refractivity contribution is 5.39. The zero-order chi connectivity index (χ0) is 12.8. The maximum absolute atomic E-state index is 15.2. The number of fused-ring (bicyclic) bond motifs is 2. The van der Waals surface area contributed by atoms with E-state index in [0.717, 1.165) is 12.8 Å². The van der Waals surface area contributed by atoms with Crippen molar-refractivity contribution in [2.45, 2.75) is 43.4 Å². The molecule has 0 radical (unpaired) electrons. The van der Waals surface area contributed by atoms with Crippen molar-refractivity contribution in [3.05, 3.63) is 29.6 Å². The van der Waals surface area contributed by atoms with E-state index in [1.807, 2.05) is 0 Å². The molecule has 1 aromatic rings. The van der Waals surface area contributed by atoms with Gasteiger partial charge in [0.2, 0.25) is 0 Å². The molecule has 1 N–H and O–H groups in total. The average Bonchev–Trinajstić information content (AvgIpc) is 2.69. The first-order chi connectivity index (χ1) is 8.60. The highest BCUT2D eigenvalue weighted by atomic mass is 19.1. The summed E-state index contributed by atoms with van der Waals surface area (Å²) in [4.78, 5) is 0. The van der Waals surface area contributed by atoms with Gasteiger partial charge in [0.15, 0.2) is 0 Å². The third-order valence-corrected chi connectivity index (χ3v) is 4.12. The van der Waals surface area contributed by atoms with Crippen LogP contribution in [0.15, 0.2) is 18.2 Å². The standard InChI is InChI=1S/C14H17F2NO/c1-18-13-5-2-9(15)6-12(13)14(16)7-10-3-4-11(8-14)17-10/h2,5-6,10-11,17H,3-4,7-8H2,1H3. The van der Waals surface area contributed by atoms with Crippen LogP contribution >= 0.6 is 0 Å². The molecule has 2 unspecified atom stereocenters. The Hall–Kier alpha value is -1.16. The molecular weight excluding hydrogens is 236 g/mol. The number of nitrogens with one attached hydrogen (secondary N) is 1. The molecule has 2 bridgehead atoms. The van der Waals surface area contributed by atoms with Crippen molar-refractivity contribution in [3.8, 4) is 5.75 Å². The van der Waals surface area contributed by atoms with Gasteiger partial charge in [-0.15, -0.1) is 0 Å². The first-order valence-corrected chi connectivity index (χ1v) is 6.40. The smallest absolute Gasteiger partial charge is 0.142 e. The Morgan fingerprint density at radius 3 is 2.56 bits per heavy atom. The molecule has 0 saturated carbocycles. The molecule has 2 aliphatic rings. The molecule has 18 heavy (non-hydrogen) atoms. The second-order valence-corrected chi connectivity index (χ2v) is 5.36. The number of hydrogen-bond acceptors (Lipinski definition) is 2. The van der Waals surface area contributed by atoms with Gasteiger partial charge in [0, 0.05) is 30.5 Å². The van der Waals surface area contributed by atoms with Crippen LogP contribution in [0.25, 0.3) is 0 Å². The van der Waals surface area contributed by atoms with Gasteiger partial charge in [-0.1, -0.05) is 0 Å². The van der Waals surface area contributed by atoms with Crippen molar-refractivity contribution in [2.24, 2.45) is 0 Å². The molecule has 98 valence electrons. The van der Waals surface area contributed by atoms with E-state index in [-0.39, 0.29) is 12.1 Å². The zero-order valence-corrected chi connectivity index (χ0v) is 10.4. The van der Waals surface area contributed by atoms with Gasteiger partial charge in [-0.05, 0) is 31.0 Å². The molecule has 4 heteroatoms. The number of piperidine rings is 1. The maximum Gasteiger partial charge on any atom is 0.142 e. The lowest BCUT2D eigenvalue weighted by atomic mass is 9.82. The van der Waals surface area contributed by atoms with Gasteiger partial charge in [0.25, 0.3) is 0 Å². The van der Waals surface area contributed by atoms with Gasteiger partial charge in [0.1, 0.15) is 17.2 Å². The molecular formula is C14H17F2NO. The Labute approximate surface area is 105 Å². The molecule has 2 fully saturated rings. The summed E-state index contributed by atoms with van der Waals surface area (Å²) in [5.41, 5.74) is -1.10. The molecule has 2 saturated heterocycles. The lowest BCUT2D eigenvalue weighted by molar-refractivity contribution is 0.0839. The first kappa shape index (κ1) is 11.9. The summed E-state index contributed by atoms with van der Waals surface area (Å²) >= 11 is 0. The quantitative estimate of drug-likeness (QED) is 0.875.